The number of aryl methyl sites for hydroxylation is 1. The Morgan fingerprint density at radius 3 is 2.44 bits per heavy atom. The van der Waals surface area contributed by atoms with E-state index in [0.717, 1.165) is 15.6 Å². The van der Waals surface area contributed by atoms with Crippen LogP contribution in [-0.4, -0.2) is 0 Å². The Bertz CT molecular complexity index is 540. The van der Waals surface area contributed by atoms with E-state index in [4.69, 9.17) is 5.84 Å². The lowest BCUT2D eigenvalue weighted by Crippen LogP contribution is -2.29. The number of nitrogens with one attached hydrogen (secondary N) is 1. The maximum absolute atomic E-state index is 13.9. The van der Waals surface area contributed by atoms with Crippen LogP contribution in [0.1, 0.15) is 22.7 Å². The van der Waals surface area contributed by atoms with Gasteiger partial charge >= 0.3 is 0 Å². The molecule has 2 nitrogen and oxygen atoms in total. The summed E-state index contributed by atoms with van der Waals surface area (Å²) in [5.74, 6) is 5.29. The quantitative estimate of drug-likeness (QED) is 0.673. The van der Waals surface area contributed by atoms with E-state index in [9.17, 15) is 4.39 Å². The van der Waals surface area contributed by atoms with Gasteiger partial charge in [0, 0.05) is 10.0 Å². The highest BCUT2D eigenvalue weighted by Gasteiger charge is 2.16. The van der Waals surface area contributed by atoms with Crippen LogP contribution in [-0.2, 0) is 0 Å². The van der Waals surface area contributed by atoms with Crippen LogP contribution in [0.2, 0.25) is 0 Å². The summed E-state index contributed by atoms with van der Waals surface area (Å²) in [5.41, 5.74) is 5.27. The second-order valence-electron chi connectivity index (χ2n) is 4.18. The molecule has 1 unspecified atom stereocenters. The molecule has 2 aromatic rings. The van der Waals surface area contributed by atoms with Crippen LogP contribution in [0.25, 0.3) is 0 Å². The van der Waals surface area contributed by atoms with Gasteiger partial charge in [0.2, 0.25) is 0 Å². The molecule has 0 radical (unpaired) electrons. The minimum absolute atomic E-state index is 0.276. The van der Waals surface area contributed by atoms with Crippen LogP contribution >= 0.6 is 15.9 Å². The molecule has 3 N–H and O–H groups in total. The van der Waals surface area contributed by atoms with Crippen molar-refractivity contribution in [3.05, 3.63) is 69.4 Å². The van der Waals surface area contributed by atoms with E-state index in [1.807, 2.05) is 31.2 Å². The van der Waals surface area contributed by atoms with Crippen LogP contribution in [0, 0.1) is 12.7 Å². The van der Waals surface area contributed by atoms with Crippen molar-refractivity contribution in [1.29, 1.82) is 0 Å². The molecule has 0 saturated carbocycles. The molecule has 2 aromatic carbocycles. The highest BCUT2D eigenvalue weighted by Crippen LogP contribution is 2.26. The Labute approximate surface area is 114 Å². The largest absolute Gasteiger partial charge is 0.271 e. The third-order valence-electron chi connectivity index (χ3n) is 2.85. The molecule has 0 spiro atoms. The van der Waals surface area contributed by atoms with Crippen molar-refractivity contribution in [3.63, 3.8) is 0 Å². The molecular weight excluding hydrogens is 295 g/mol. The highest BCUT2D eigenvalue weighted by molar-refractivity contribution is 9.10. The van der Waals surface area contributed by atoms with E-state index < -0.39 is 0 Å². The van der Waals surface area contributed by atoms with Crippen molar-refractivity contribution in [2.45, 2.75) is 13.0 Å². The van der Waals surface area contributed by atoms with Gasteiger partial charge in [-0.15, -0.1) is 0 Å². The first-order valence-electron chi connectivity index (χ1n) is 5.59. The predicted molar refractivity (Wildman–Crippen MR) is 74.4 cm³/mol. The molecule has 2 rings (SSSR count). The molecule has 0 aliphatic rings. The summed E-state index contributed by atoms with van der Waals surface area (Å²) in [7, 11) is 0. The fraction of sp³-hybridized carbons (Fsp3) is 0.143. The maximum Gasteiger partial charge on any atom is 0.128 e. The number of hydrazine groups is 1. The second kappa shape index (κ2) is 5.61. The molecule has 18 heavy (non-hydrogen) atoms. The summed E-state index contributed by atoms with van der Waals surface area (Å²) in [6.07, 6.45) is 0. The molecule has 0 bridgehead atoms. The molecular formula is C14H14BrFN2. The summed E-state index contributed by atoms with van der Waals surface area (Å²) in [6, 6.07) is 12.3. The lowest BCUT2D eigenvalue weighted by atomic mass is 9.98. The van der Waals surface area contributed by atoms with Crippen molar-refractivity contribution in [2.24, 2.45) is 5.84 Å². The van der Waals surface area contributed by atoms with Crippen molar-refractivity contribution in [2.75, 3.05) is 0 Å². The minimum atomic E-state index is -0.358. The van der Waals surface area contributed by atoms with Crippen molar-refractivity contribution < 1.29 is 4.39 Å². The summed E-state index contributed by atoms with van der Waals surface area (Å²) < 4.78 is 14.7. The number of rotatable bonds is 3. The number of halogens is 2. The molecule has 0 aromatic heterocycles. The van der Waals surface area contributed by atoms with Crippen molar-refractivity contribution >= 4 is 15.9 Å². The fourth-order valence-corrected chi connectivity index (χ4v) is 2.24. The summed E-state index contributed by atoms with van der Waals surface area (Å²) in [4.78, 5) is 0. The van der Waals surface area contributed by atoms with Crippen LogP contribution in [0.4, 0.5) is 4.39 Å². The van der Waals surface area contributed by atoms with Gasteiger partial charge in [0.25, 0.3) is 0 Å². The molecule has 0 heterocycles. The van der Waals surface area contributed by atoms with Gasteiger partial charge in [-0.25, -0.2) is 9.82 Å². The topological polar surface area (TPSA) is 38.0 Å². The van der Waals surface area contributed by atoms with Crippen LogP contribution in [0.15, 0.2) is 46.9 Å². The highest BCUT2D eigenvalue weighted by atomic mass is 79.9. The SMILES string of the molecule is Cc1ccc(C(NN)c2cc(Br)ccc2F)cc1. The lowest BCUT2D eigenvalue weighted by molar-refractivity contribution is 0.559. The Morgan fingerprint density at radius 1 is 1.17 bits per heavy atom. The van der Waals surface area contributed by atoms with E-state index in [-0.39, 0.29) is 11.9 Å². The van der Waals surface area contributed by atoms with Crippen molar-refractivity contribution in [1.82, 2.24) is 5.43 Å². The van der Waals surface area contributed by atoms with Gasteiger partial charge in [-0.2, -0.15) is 0 Å². The number of nitrogens with two attached hydrogens (primary N) is 1. The van der Waals surface area contributed by atoms with Crippen LogP contribution in [0.5, 0.6) is 0 Å². The van der Waals surface area contributed by atoms with Crippen LogP contribution < -0.4 is 11.3 Å². The zero-order valence-electron chi connectivity index (χ0n) is 9.95. The van der Waals surface area contributed by atoms with Gasteiger partial charge in [-0.3, -0.25) is 5.84 Å². The number of hydrogen-bond acceptors (Lipinski definition) is 2. The minimum Gasteiger partial charge on any atom is -0.271 e. The van der Waals surface area contributed by atoms with Gasteiger partial charge in [-0.05, 0) is 30.7 Å². The standard InChI is InChI=1S/C14H14BrFN2/c1-9-2-4-10(5-3-9)14(18-17)12-8-11(15)6-7-13(12)16/h2-8,14,18H,17H2,1H3. The summed E-state index contributed by atoms with van der Waals surface area (Å²) >= 11 is 3.34. The Balaban J connectivity index is 2.44. The zero-order valence-corrected chi connectivity index (χ0v) is 11.5. The molecule has 0 amide bonds. The number of benzene rings is 2. The van der Waals surface area contributed by atoms with E-state index in [0.29, 0.717) is 5.56 Å². The van der Waals surface area contributed by atoms with E-state index >= 15 is 0 Å². The molecule has 0 saturated heterocycles. The Morgan fingerprint density at radius 2 is 1.83 bits per heavy atom. The molecule has 0 aliphatic heterocycles. The monoisotopic (exact) mass is 308 g/mol. The van der Waals surface area contributed by atoms with Gasteiger partial charge in [0.1, 0.15) is 5.82 Å². The fourth-order valence-electron chi connectivity index (χ4n) is 1.86. The average molecular weight is 309 g/mol. The Hall–Kier alpha value is -1.23. The summed E-state index contributed by atoms with van der Waals surface area (Å²) in [6.45, 7) is 2.01. The van der Waals surface area contributed by atoms with E-state index in [1.54, 1.807) is 12.1 Å². The second-order valence-corrected chi connectivity index (χ2v) is 5.09. The van der Waals surface area contributed by atoms with E-state index in [1.165, 1.54) is 6.07 Å². The molecule has 4 heteroatoms. The third kappa shape index (κ3) is 2.77. The summed E-state index contributed by atoms with van der Waals surface area (Å²) in [5, 5.41) is 0. The van der Waals surface area contributed by atoms with Crippen LogP contribution in [0.3, 0.4) is 0 Å². The molecule has 94 valence electrons. The van der Waals surface area contributed by atoms with Crippen molar-refractivity contribution in [3.8, 4) is 0 Å². The van der Waals surface area contributed by atoms with Gasteiger partial charge < -0.3 is 0 Å². The average Bonchev–Trinajstić information content (AvgIpc) is 2.37. The third-order valence-corrected chi connectivity index (χ3v) is 3.34. The van der Waals surface area contributed by atoms with Gasteiger partial charge in [0.15, 0.2) is 0 Å². The first-order chi connectivity index (χ1) is 8.61. The normalized spacial score (nSPS) is 12.4. The molecule has 0 aliphatic carbocycles. The zero-order chi connectivity index (χ0) is 13.1. The number of hydrogen-bond donors (Lipinski definition) is 2. The maximum atomic E-state index is 13.9. The van der Waals surface area contributed by atoms with Gasteiger partial charge in [-0.1, -0.05) is 45.8 Å². The first kappa shape index (κ1) is 13.2. The first-order valence-corrected chi connectivity index (χ1v) is 6.39. The molecule has 1 atom stereocenters. The Kier molecular flexibility index (Phi) is 4.11. The predicted octanol–water partition coefficient (Wildman–Crippen LogP) is 3.45. The van der Waals surface area contributed by atoms with E-state index in [2.05, 4.69) is 21.4 Å². The lowest BCUT2D eigenvalue weighted by Gasteiger charge is -2.18. The van der Waals surface area contributed by atoms with Gasteiger partial charge in [0.05, 0.1) is 6.04 Å². The molecule has 0 fully saturated rings. The smallest absolute Gasteiger partial charge is 0.128 e.